The Morgan fingerprint density at radius 2 is 1.78 bits per heavy atom. The van der Waals surface area contributed by atoms with E-state index in [4.69, 9.17) is 4.74 Å². The van der Waals surface area contributed by atoms with Gasteiger partial charge in [0.2, 0.25) is 5.88 Å². The van der Waals surface area contributed by atoms with Crippen molar-refractivity contribution in [2.45, 2.75) is 67.0 Å². The highest BCUT2D eigenvalue weighted by atomic mass is 16.5. The van der Waals surface area contributed by atoms with Gasteiger partial charge in [0.15, 0.2) is 0 Å². The van der Waals surface area contributed by atoms with Crippen LogP contribution in [0.25, 0.3) is 0 Å². The number of methoxy groups -OCH3 is 1. The molecule has 0 amide bonds. The number of aryl methyl sites for hydroxylation is 1. The first kappa shape index (κ1) is 19.3. The molecule has 0 saturated carbocycles. The maximum Gasteiger partial charge on any atom is 0.235 e. The van der Waals surface area contributed by atoms with Gasteiger partial charge in [0, 0.05) is 11.8 Å². The van der Waals surface area contributed by atoms with Crippen LogP contribution < -0.4 is 4.74 Å². The topological polar surface area (TPSA) is 47.3 Å². The molecule has 108 valence electrons. The van der Waals surface area contributed by atoms with E-state index in [2.05, 4.69) is 5.10 Å². The molecule has 1 aromatic rings. The zero-order chi connectivity index (χ0) is 14.8. The molecule has 1 heterocycles. The van der Waals surface area contributed by atoms with E-state index in [1.807, 2.05) is 40.8 Å². The highest BCUT2D eigenvalue weighted by Gasteiger charge is 2.16. The van der Waals surface area contributed by atoms with Crippen molar-refractivity contribution in [2.24, 2.45) is 0 Å². The van der Waals surface area contributed by atoms with Crippen molar-refractivity contribution in [1.29, 1.82) is 0 Å². The molecule has 1 rings (SSSR count). The maximum absolute atomic E-state index is 9.61. The Morgan fingerprint density at radius 3 is 2.06 bits per heavy atom. The molecule has 0 saturated heterocycles. The highest BCUT2D eigenvalue weighted by Crippen LogP contribution is 2.17. The largest absolute Gasteiger partial charge is 0.480 e. The molecule has 0 atom stereocenters. The van der Waals surface area contributed by atoms with Crippen molar-refractivity contribution in [2.75, 3.05) is 7.11 Å². The van der Waals surface area contributed by atoms with Crippen LogP contribution in [0.1, 0.15) is 54.0 Å². The fourth-order valence-corrected chi connectivity index (χ4v) is 1.34. The van der Waals surface area contributed by atoms with E-state index in [0.29, 0.717) is 12.4 Å². The first-order valence-corrected chi connectivity index (χ1v) is 6.79. The summed E-state index contributed by atoms with van der Waals surface area (Å²) in [6.07, 6.45) is 2.80. The molecule has 1 aromatic heterocycles. The number of aromatic nitrogens is 2. The highest BCUT2D eigenvalue weighted by molar-refractivity contribution is 5.22. The number of hydrogen-bond donors (Lipinski definition) is 1. The first-order valence-electron chi connectivity index (χ1n) is 6.79. The summed E-state index contributed by atoms with van der Waals surface area (Å²) in [7, 11) is 1.61. The third-order valence-corrected chi connectivity index (χ3v) is 1.92. The van der Waals surface area contributed by atoms with Gasteiger partial charge in [-0.05, 0) is 20.3 Å². The first-order chi connectivity index (χ1) is 8.46. The Bertz CT molecular complexity index is 280. The zero-order valence-electron chi connectivity index (χ0n) is 13.2. The standard InChI is InChI=1S/C10H18N2O2.2C2H6/c1-5-8-6-12(7-10(2,3)13)11-9(8)14-4;2*1-2/h6,13H,5,7H2,1-4H3;2*1-2H3. The molecule has 0 aliphatic rings. The van der Waals surface area contributed by atoms with Gasteiger partial charge in [-0.3, -0.25) is 4.68 Å². The van der Waals surface area contributed by atoms with Crippen LogP contribution in [0.3, 0.4) is 0 Å². The van der Waals surface area contributed by atoms with Gasteiger partial charge < -0.3 is 9.84 Å². The molecule has 0 aliphatic carbocycles. The number of aliphatic hydroxyl groups is 1. The minimum Gasteiger partial charge on any atom is -0.480 e. The Kier molecular flexibility index (Phi) is 10.7. The van der Waals surface area contributed by atoms with Crippen LogP contribution in [0.2, 0.25) is 0 Å². The third kappa shape index (κ3) is 7.33. The summed E-state index contributed by atoms with van der Waals surface area (Å²) >= 11 is 0. The lowest BCUT2D eigenvalue weighted by Gasteiger charge is -2.16. The van der Waals surface area contributed by atoms with E-state index in [9.17, 15) is 5.11 Å². The molecule has 1 N–H and O–H groups in total. The van der Waals surface area contributed by atoms with E-state index >= 15 is 0 Å². The van der Waals surface area contributed by atoms with Crippen LogP contribution in [0, 0.1) is 0 Å². The van der Waals surface area contributed by atoms with Crippen LogP contribution in [0.4, 0.5) is 0 Å². The molecule has 4 heteroatoms. The van der Waals surface area contributed by atoms with Gasteiger partial charge in [-0.1, -0.05) is 34.6 Å². The van der Waals surface area contributed by atoms with E-state index in [1.54, 1.807) is 25.6 Å². The van der Waals surface area contributed by atoms with Crippen LogP contribution in [0.5, 0.6) is 5.88 Å². The van der Waals surface area contributed by atoms with E-state index in [1.165, 1.54) is 0 Å². The summed E-state index contributed by atoms with van der Waals surface area (Å²) in [5, 5.41) is 13.8. The Balaban J connectivity index is 0. The van der Waals surface area contributed by atoms with Crippen molar-refractivity contribution in [1.82, 2.24) is 9.78 Å². The fraction of sp³-hybridized carbons (Fsp3) is 0.786. The summed E-state index contributed by atoms with van der Waals surface area (Å²) in [4.78, 5) is 0. The second kappa shape index (κ2) is 9.95. The Labute approximate surface area is 112 Å². The van der Waals surface area contributed by atoms with E-state index in [0.717, 1.165) is 12.0 Å². The molecule has 0 aliphatic heterocycles. The van der Waals surface area contributed by atoms with Gasteiger partial charge in [-0.15, -0.1) is 5.10 Å². The van der Waals surface area contributed by atoms with Crippen molar-refractivity contribution in [3.63, 3.8) is 0 Å². The second-order valence-corrected chi connectivity index (χ2v) is 4.03. The molecular weight excluding hydrogens is 228 g/mol. The van der Waals surface area contributed by atoms with Gasteiger partial charge in [0.25, 0.3) is 0 Å². The number of rotatable bonds is 4. The summed E-state index contributed by atoms with van der Waals surface area (Å²) in [5.41, 5.74) is 0.318. The third-order valence-electron chi connectivity index (χ3n) is 1.92. The molecule has 0 bridgehead atoms. The summed E-state index contributed by atoms with van der Waals surface area (Å²) < 4.78 is 6.84. The van der Waals surface area contributed by atoms with Gasteiger partial charge in [0.05, 0.1) is 19.3 Å². The van der Waals surface area contributed by atoms with Gasteiger partial charge in [0.1, 0.15) is 0 Å². The van der Waals surface area contributed by atoms with Gasteiger partial charge >= 0.3 is 0 Å². The quantitative estimate of drug-likeness (QED) is 0.901. The van der Waals surface area contributed by atoms with E-state index < -0.39 is 5.60 Å². The lowest BCUT2D eigenvalue weighted by atomic mass is 10.1. The fourth-order valence-electron chi connectivity index (χ4n) is 1.34. The van der Waals surface area contributed by atoms with Crippen LogP contribution >= 0.6 is 0 Å². The Morgan fingerprint density at radius 1 is 1.28 bits per heavy atom. The molecule has 0 aromatic carbocycles. The smallest absolute Gasteiger partial charge is 0.235 e. The van der Waals surface area contributed by atoms with Gasteiger partial charge in [-0.2, -0.15) is 0 Å². The van der Waals surface area contributed by atoms with Crippen LogP contribution in [0.15, 0.2) is 6.20 Å². The van der Waals surface area contributed by atoms with Crippen LogP contribution in [-0.2, 0) is 13.0 Å². The van der Waals surface area contributed by atoms with E-state index in [-0.39, 0.29) is 0 Å². The molecule has 0 unspecified atom stereocenters. The average Bonchev–Trinajstić information content (AvgIpc) is 2.74. The predicted octanol–water partition coefficient (Wildman–Crippen LogP) is 3.28. The van der Waals surface area contributed by atoms with Crippen molar-refractivity contribution in [3.05, 3.63) is 11.8 Å². The number of ether oxygens (including phenoxy) is 1. The minimum absolute atomic E-state index is 0.476. The lowest BCUT2D eigenvalue weighted by Crippen LogP contribution is -2.26. The summed E-state index contributed by atoms with van der Waals surface area (Å²) in [6, 6.07) is 0. The monoisotopic (exact) mass is 258 g/mol. The summed E-state index contributed by atoms with van der Waals surface area (Å²) in [6.45, 7) is 14.0. The Hall–Kier alpha value is -1.03. The SMILES string of the molecule is CC.CC.CCc1cn(CC(C)(C)O)nc1OC. The number of nitrogens with zero attached hydrogens (tertiary/aromatic N) is 2. The molecule has 0 radical (unpaired) electrons. The van der Waals surface area contributed by atoms with Crippen molar-refractivity contribution < 1.29 is 9.84 Å². The van der Waals surface area contributed by atoms with Crippen molar-refractivity contribution >= 4 is 0 Å². The van der Waals surface area contributed by atoms with Gasteiger partial charge in [-0.25, -0.2) is 0 Å². The van der Waals surface area contributed by atoms with Crippen molar-refractivity contribution in [3.8, 4) is 5.88 Å². The maximum atomic E-state index is 9.61. The summed E-state index contributed by atoms with van der Waals surface area (Å²) in [5.74, 6) is 0.650. The normalized spacial score (nSPS) is 9.83. The van der Waals surface area contributed by atoms with Crippen LogP contribution in [-0.4, -0.2) is 27.6 Å². The molecule has 18 heavy (non-hydrogen) atoms. The number of hydrogen-bond acceptors (Lipinski definition) is 3. The minimum atomic E-state index is -0.748. The second-order valence-electron chi connectivity index (χ2n) is 4.03. The molecule has 4 nitrogen and oxygen atoms in total. The molecule has 0 fully saturated rings. The lowest BCUT2D eigenvalue weighted by molar-refractivity contribution is 0.0574. The zero-order valence-corrected chi connectivity index (χ0v) is 13.2. The molecular formula is C14H30N2O2. The average molecular weight is 258 g/mol. The predicted molar refractivity (Wildman–Crippen MR) is 77.2 cm³/mol. The molecule has 0 spiro atoms.